The highest BCUT2D eigenvalue weighted by molar-refractivity contribution is 5.74. The molecule has 1 atom stereocenters. The van der Waals surface area contributed by atoms with Crippen molar-refractivity contribution < 1.29 is 9.21 Å². The molecular weight excluding hydrogens is 278 g/mol. The number of carbonyl (C=O) groups excluding carboxylic acids is 1. The van der Waals surface area contributed by atoms with Gasteiger partial charge in [-0.25, -0.2) is 4.79 Å². The van der Waals surface area contributed by atoms with Crippen molar-refractivity contribution in [3.63, 3.8) is 0 Å². The van der Waals surface area contributed by atoms with Crippen LogP contribution in [0.4, 0.5) is 4.79 Å². The van der Waals surface area contributed by atoms with E-state index in [1.54, 1.807) is 6.26 Å². The molecule has 0 bridgehead atoms. The molecule has 0 saturated carbocycles. The highest BCUT2D eigenvalue weighted by atomic mass is 16.3. The van der Waals surface area contributed by atoms with Gasteiger partial charge in [-0.1, -0.05) is 5.57 Å². The van der Waals surface area contributed by atoms with Crippen LogP contribution in [0.3, 0.4) is 0 Å². The van der Waals surface area contributed by atoms with Crippen LogP contribution in [0.25, 0.3) is 6.08 Å². The predicted octanol–water partition coefficient (Wildman–Crippen LogP) is 2.71. The van der Waals surface area contributed by atoms with Crippen LogP contribution >= 0.6 is 0 Å². The summed E-state index contributed by atoms with van der Waals surface area (Å²) in [6.45, 7) is 9.87. The lowest BCUT2D eigenvalue weighted by Crippen LogP contribution is -2.41. The van der Waals surface area contributed by atoms with Crippen molar-refractivity contribution in [2.24, 2.45) is 5.92 Å². The molecule has 1 aromatic rings. The molecule has 2 amide bonds. The van der Waals surface area contributed by atoms with E-state index >= 15 is 0 Å². The van der Waals surface area contributed by atoms with Gasteiger partial charge in [0.15, 0.2) is 0 Å². The molecule has 0 spiro atoms. The Morgan fingerprint density at radius 3 is 3.05 bits per heavy atom. The average molecular weight is 305 g/mol. The number of urea groups is 1. The van der Waals surface area contributed by atoms with Gasteiger partial charge in [0.1, 0.15) is 5.76 Å². The van der Waals surface area contributed by atoms with Gasteiger partial charge >= 0.3 is 6.03 Å². The number of amides is 2. The van der Waals surface area contributed by atoms with Crippen LogP contribution in [-0.4, -0.2) is 43.2 Å². The summed E-state index contributed by atoms with van der Waals surface area (Å²) in [5, 5.41) is 5.81. The summed E-state index contributed by atoms with van der Waals surface area (Å²) < 4.78 is 5.34. The van der Waals surface area contributed by atoms with Crippen molar-refractivity contribution in [1.82, 2.24) is 15.5 Å². The number of furan rings is 1. The molecule has 5 heteroatoms. The number of carbonyl (C=O) groups is 1. The molecule has 122 valence electrons. The number of nitrogens with one attached hydrogen (secondary N) is 2. The molecule has 0 radical (unpaired) electrons. The molecule has 1 aliphatic rings. The van der Waals surface area contributed by atoms with Gasteiger partial charge in [0, 0.05) is 25.7 Å². The molecule has 0 aromatic carbocycles. The van der Waals surface area contributed by atoms with E-state index in [0.717, 1.165) is 38.4 Å². The standard InChI is InChI=1S/C17H27N3O2/c1-13(2)19-17(21)18-10-15-6-7-20(12-15)11-14(3)9-16-5-4-8-22-16/h4-5,8-9,13,15H,6-7,10-12H2,1-3H3,(H2,18,19,21). The molecule has 2 rings (SSSR count). The monoisotopic (exact) mass is 305 g/mol. The van der Waals surface area contributed by atoms with Gasteiger partial charge in [-0.3, -0.25) is 4.90 Å². The second-order valence-corrected chi connectivity index (χ2v) is 6.40. The van der Waals surface area contributed by atoms with Crippen molar-refractivity contribution in [3.8, 4) is 0 Å². The van der Waals surface area contributed by atoms with E-state index < -0.39 is 0 Å². The molecule has 0 aliphatic carbocycles. The van der Waals surface area contributed by atoms with Crippen molar-refractivity contribution in [3.05, 3.63) is 29.7 Å². The van der Waals surface area contributed by atoms with E-state index in [2.05, 4.69) is 28.5 Å². The summed E-state index contributed by atoms with van der Waals surface area (Å²) in [7, 11) is 0. The predicted molar refractivity (Wildman–Crippen MR) is 88.6 cm³/mol. The maximum absolute atomic E-state index is 11.6. The lowest BCUT2D eigenvalue weighted by molar-refractivity contribution is 0.236. The van der Waals surface area contributed by atoms with Crippen LogP contribution in [0.1, 0.15) is 33.0 Å². The van der Waals surface area contributed by atoms with Gasteiger partial charge in [0.25, 0.3) is 0 Å². The van der Waals surface area contributed by atoms with E-state index in [1.807, 2.05) is 26.0 Å². The SMILES string of the molecule is CC(=Cc1ccco1)CN1CCC(CNC(=O)NC(C)C)C1. The van der Waals surface area contributed by atoms with Crippen LogP contribution in [0, 0.1) is 5.92 Å². The van der Waals surface area contributed by atoms with Crippen LogP contribution in [-0.2, 0) is 0 Å². The molecule has 1 aliphatic heterocycles. The lowest BCUT2D eigenvalue weighted by Gasteiger charge is -2.17. The fourth-order valence-corrected chi connectivity index (χ4v) is 2.79. The molecule has 2 N–H and O–H groups in total. The Morgan fingerprint density at radius 2 is 2.36 bits per heavy atom. The Labute approximate surface area is 132 Å². The van der Waals surface area contributed by atoms with Gasteiger partial charge in [0.2, 0.25) is 0 Å². The van der Waals surface area contributed by atoms with Gasteiger partial charge in [-0.15, -0.1) is 0 Å². The molecule has 5 nitrogen and oxygen atoms in total. The molecule has 1 saturated heterocycles. The fourth-order valence-electron chi connectivity index (χ4n) is 2.79. The van der Waals surface area contributed by atoms with E-state index in [1.165, 1.54) is 5.57 Å². The topological polar surface area (TPSA) is 57.5 Å². The second kappa shape index (κ2) is 8.03. The summed E-state index contributed by atoms with van der Waals surface area (Å²) in [5.41, 5.74) is 1.29. The Balaban J connectivity index is 1.70. The van der Waals surface area contributed by atoms with Gasteiger partial charge in [-0.05, 0) is 57.9 Å². The molecule has 1 fully saturated rings. The number of rotatable bonds is 6. The Kier molecular flexibility index (Phi) is 6.07. The van der Waals surface area contributed by atoms with Crippen molar-refractivity contribution in [1.29, 1.82) is 0 Å². The first kappa shape index (κ1) is 16.6. The second-order valence-electron chi connectivity index (χ2n) is 6.40. The third-order valence-electron chi connectivity index (χ3n) is 3.75. The van der Waals surface area contributed by atoms with Crippen LogP contribution in [0.15, 0.2) is 28.4 Å². The minimum Gasteiger partial charge on any atom is -0.465 e. The number of hydrogen-bond acceptors (Lipinski definition) is 3. The van der Waals surface area contributed by atoms with Crippen LogP contribution in [0.5, 0.6) is 0 Å². The summed E-state index contributed by atoms with van der Waals surface area (Å²) in [4.78, 5) is 14.0. The lowest BCUT2D eigenvalue weighted by atomic mass is 10.1. The zero-order chi connectivity index (χ0) is 15.9. The molecule has 22 heavy (non-hydrogen) atoms. The summed E-state index contributed by atoms with van der Waals surface area (Å²) in [6, 6.07) is 3.98. The van der Waals surface area contributed by atoms with Crippen LogP contribution in [0.2, 0.25) is 0 Å². The molecule has 1 aromatic heterocycles. The molecular formula is C17H27N3O2. The van der Waals surface area contributed by atoms with E-state index in [9.17, 15) is 4.79 Å². The zero-order valence-corrected chi connectivity index (χ0v) is 13.8. The van der Waals surface area contributed by atoms with Gasteiger partial charge < -0.3 is 15.1 Å². The van der Waals surface area contributed by atoms with Gasteiger partial charge in [-0.2, -0.15) is 0 Å². The van der Waals surface area contributed by atoms with Crippen molar-refractivity contribution in [2.45, 2.75) is 33.2 Å². The third kappa shape index (κ3) is 5.56. The summed E-state index contributed by atoms with van der Waals surface area (Å²) in [5.74, 6) is 1.44. The third-order valence-corrected chi connectivity index (χ3v) is 3.75. The minimum atomic E-state index is -0.0673. The maximum Gasteiger partial charge on any atom is 0.314 e. The minimum absolute atomic E-state index is 0.0673. The quantitative estimate of drug-likeness (QED) is 0.849. The van der Waals surface area contributed by atoms with E-state index in [-0.39, 0.29) is 12.1 Å². The normalized spacial score (nSPS) is 19.6. The first-order valence-corrected chi connectivity index (χ1v) is 8.00. The van der Waals surface area contributed by atoms with E-state index in [4.69, 9.17) is 4.42 Å². The summed E-state index contributed by atoms with van der Waals surface area (Å²) >= 11 is 0. The number of nitrogens with zero attached hydrogens (tertiary/aromatic N) is 1. The number of hydrogen-bond donors (Lipinski definition) is 2. The van der Waals surface area contributed by atoms with E-state index in [0.29, 0.717) is 5.92 Å². The Hall–Kier alpha value is -1.75. The molecule has 2 heterocycles. The first-order valence-electron chi connectivity index (χ1n) is 8.00. The van der Waals surface area contributed by atoms with Crippen molar-refractivity contribution >= 4 is 12.1 Å². The van der Waals surface area contributed by atoms with Gasteiger partial charge in [0.05, 0.1) is 6.26 Å². The maximum atomic E-state index is 11.6. The average Bonchev–Trinajstić information content (AvgIpc) is 3.07. The zero-order valence-electron chi connectivity index (χ0n) is 13.8. The largest absolute Gasteiger partial charge is 0.465 e. The highest BCUT2D eigenvalue weighted by Crippen LogP contribution is 2.17. The smallest absolute Gasteiger partial charge is 0.314 e. The highest BCUT2D eigenvalue weighted by Gasteiger charge is 2.22. The fraction of sp³-hybridized carbons (Fsp3) is 0.588. The van der Waals surface area contributed by atoms with Crippen LogP contribution < -0.4 is 10.6 Å². The Morgan fingerprint density at radius 1 is 1.55 bits per heavy atom. The Bertz CT molecular complexity index is 494. The number of likely N-dealkylation sites (tertiary alicyclic amines) is 1. The van der Waals surface area contributed by atoms with Crippen molar-refractivity contribution in [2.75, 3.05) is 26.2 Å². The molecule has 1 unspecified atom stereocenters. The summed E-state index contributed by atoms with van der Waals surface area (Å²) in [6.07, 6.45) is 4.91. The first-order chi connectivity index (χ1) is 10.5.